The molecule has 0 unspecified atom stereocenters. The fourth-order valence-corrected chi connectivity index (χ4v) is 3.24. The van der Waals surface area contributed by atoms with Gasteiger partial charge in [0.05, 0.1) is 25.6 Å². The Morgan fingerprint density at radius 2 is 1.94 bits per heavy atom. The van der Waals surface area contributed by atoms with Gasteiger partial charge in [0.15, 0.2) is 0 Å². The molecule has 0 spiro atoms. The Hall–Kier alpha value is -3.42. The highest BCUT2D eigenvalue weighted by molar-refractivity contribution is 6.38. The molecule has 0 atom stereocenters. The number of nitrogens with one attached hydrogen (secondary N) is 1. The van der Waals surface area contributed by atoms with Gasteiger partial charge >= 0.3 is 0 Å². The van der Waals surface area contributed by atoms with Crippen LogP contribution in [0.4, 0.5) is 5.69 Å². The van der Waals surface area contributed by atoms with Crippen LogP contribution in [0.5, 0.6) is 11.5 Å². The summed E-state index contributed by atoms with van der Waals surface area (Å²) in [5, 5.41) is 17.6. The van der Waals surface area contributed by atoms with E-state index in [0.29, 0.717) is 46.6 Å². The second-order valence-electron chi connectivity index (χ2n) is 6.80. The number of aliphatic hydroxyl groups is 1. The third-order valence-corrected chi connectivity index (χ3v) is 4.92. The van der Waals surface area contributed by atoms with E-state index in [1.54, 1.807) is 44.7 Å². The van der Waals surface area contributed by atoms with Crippen molar-refractivity contribution < 1.29 is 14.6 Å². The molecule has 1 heterocycles. The number of methoxy groups -OCH3 is 2. The molecule has 0 amide bonds. The van der Waals surface area contributed by atoms with Crippen molar-refractivity contribution in [1.29, 1.82) is 5.41 Å². The first kappa shape index (κ1) is 25.8. The minimum absolute atomic E-state index is 0.0472. The lowest BCUT2D eigenvalue weighted by Crippen LogP contribution is -2.24. The van der Waals surface area contributed by atoms with Gasteiger partial charge in [0.25, 0.3) is 0 Å². The fourth-order valence-electron chi connectivity index (χ4n) is 3.07. The molecule has 33 heavy (non-hydrogen) atoms. The zero-order valence-electron chi connectivity index (χ0n) is 19.1. The monoisotopic (exact) mass is 468 g/mol. The molecule has 0 bridgehead atoms. The number of aromatic nitrogens is 1. The summed E-state index contributed by atoms with van der Waals surface area (Å²) in [5.74, 6) is 1.31. The van der Waals surface area contributed by atoms with Gasteiger partial charge < -0.3 is 24.9 Å². The minimum atomic E-state index is 0.0472. The SMILES string of the molecule is C=C/C(=C\C(=C/C)N(CCCO)c1cc(OC)cc(OC)c1)N=C(C=N)c1ccnc(Cl)c1. The summed E-state index contributed by atoms with van der Waals surface area (Å²) in [6, 6.07) is 8.99. The van der Waals surface area contributed by atoms with Gasteiger partial charge in [-0.05, 0) is 37.6 Å². The van der Waals surface area contributed by atoms with E-state index in [0.717, 1.165) is 17.6 Å². The normalized spacial score (nSPS) is 12.3. The van der Waals surface area contributed by atoms with Crippen LogP contribution in [0.15, 0.2) is 77.7 Å². The molecule has 2 rings (SSSR count). The molecule has 0 saturated heterocycles. The second kappa shape index (κ2) is 13.2. The van der Waals surface area contributed by atoms with Crippen molar-refractivity contribution in [3.63, 3.8) is 0 Å². The number of aliphatic imine (C=N–C) groups is 1. The first-order chi connectivity index (χ1) is 16.0. The van der Waals surface area contributed by atoms with Gasteiger partial charge in [-0.25, -0.2) is 9.98 Å². The number of rotatable bonds is 12. The quantitative estimate of drug-likeness (QED) is 0.258. The number of ether oxygens (including phenoxy) is 2. The summed E-state index contributed by atoms with van der Waals surface area (Å²) < 4.78 is 10.8. The van der Waals surface area contributed by atoms with Gasteiger partial charge in [0.1, 0.15) is 16.7 Å². The Kier molecular flexibility index (Phi) is 10.3. The van der Waals surface area contributed by atoms with E-state index >= 15 is 0 Å². The lowest BCUT2D eigenvalue weighted by atomic mass is 10.1. The van der Waals surface area contributed by atoms with E-state index in [4.69, 9.17) is 26.5 Å². The Morgan fingerprint density at radius 3 is 2.45 bits per heavy atom. The van der Waals surface area contributed by atoms with Crippen LogP contribution in [0, 0.1) is 5.41 Å². The third kappa shape index (κ3) is 7.30. The van der Waals surface area contributed by atoms with Crippen molar-refractivity contribution in [2.75, 3.05) is 32.3 Å². The number of aliphatic hydroxyl groups excluding tert-OH is 1. The number of anilines is 1. The van der Waals surface area contributed by atoms with E-state index in [9.17, 15) is 5.11 Å². The maximum absolute atomic E-state index is 9.46. The number of hydrogen-bond donors (Lipinski definition) is 2. The van der Waals surface area contributed by atoms with E-state index in [2.05, 4.69) is 16.6 Å². The predicted octanol–water partition coefficient (Wildman–Crippen LogP) is 5.05. The molecule has 0 aliphatic carbocycles. The lowest BCUT2D eigenvalue weighted by molar-refractivity contribution is 0.290. The smallest absolute Gasteiger partial charge is 0.129 e. The maximum atomic E-state index is 9.46. The second-order valence-corrected chi connectivity index (χ2v) is 7.18. The summed E-state index contributed by atoms with van der Waals surface area (Å²) in [5.41, 5.74) is 3.32. The molecule has 0 aliphatic heterocycles. The highest BCUT2D eigenvalue weighted by Gasteiger charge is 2.14. The van der Waals surface area contributed by atoms with E-state index in [1.807, 2.05) is 36.1 Å². The van der Waals surface area contributed by atoms with Crippen LogP contribution >= 0.6 is 11.6 Å². The van der Waals surface area contributed by atoms with Crippen LogP contribution in [0.1, 0.15) is 18.9 Å². The van der Waals surface area contributed by atoms with Gasteiger partial charge in [0, 0.05) is 60.7 Å². The van der Waals surface area contributed by atoms with Gasteiger partial charge in [-0.2, -0.15) is 0 Å². The Morgan fingerprint density at radius 1 is 1.24 bits per heavy atom. The average molecular weight is 469 g/mol. The molecule has 1 aromatic heterocycles. The average Bonchev–Trinajstić information content (AvgIpc) is 2.85. The van der Waals surface area contributed by atoms with Crippen molar-refractivity contribution in [3.05, 3.63) is 83.4 Å². The van der Waals surface area contributed by atoms with Crippen molar-refractivity contribution in [2.45, 2.75) is 13.3 Å². The molecule has 7 nitrogen and oxygen atoms in total. The molecule has 0 aliphatic rings. The van der Waals surface area contributed by atoms with Crippen LogP contribution in [-0.2, 0) is 0 Å². The molecule has 1 aromatic carbocycles. The Bertz CT molecular complexity index is 1040. The summed E-state index contributed by atoms with van der Waals surface area (Å²) >= 11 is 6.00. The molecule has 2 aromatic rings. The summed E-state index contributed by atoms with van der Waals surface area (Å²) in [4.78, 5) is 10.6. The van der Waals surface area contributed by atoms with Crippen LogP contribution < -0.4 is 14.4 Å². The van der Waals surface area contributed by atoms with Gasteiger partial charge in [0.2, 0.25) is 0 Å². The molecule has 2 N–H and O–H groups in total. The molecular weight excluding hydrogens is 440 g/mol. The van der Waals surface area contributed by atoms with Crippen LogP contribution in [-0.4, -0.2) is 49.4 Å². The first-order valence-electron chi connectivity index (χ1n) is 10.3. The van der Waals surface area contributed by atoms with Crippen LogP contribution in [0.3, 0.4) is 0 Å². The maximum Gasteiger partial charge on any atom is 0.129 e. The number of nitrogens with zero attached hydrogens (tertiary/aromatic N) is 3. The minimum Gasteiger partial charge on any atom is -0.497 e. The van der Waals surface area contributed by atoms with Crippen LogP contribution in [0.2, 0.25) is 5.15 Å². The first-order valence-corrected chi connectivity index (χ1v) is 10.7. The van der Waals surface area contributed by atoms with E-state index < -0.39 is 0 Å². The molecule has 174 valence electrons. The van der Waals surface area contributed by atoms with Crippen molar-refractivity contribution in [3.8, 4) is 11.5 Å². The molecule has 0 fully saturated rings. The topological polar surface area (TPSA) is 91.0 Å². The molecule has 0 radical (unpaired) electrons. The van der Waals surface area contributed by atoms with Crippen molar-refractivity contribution in [1.82, 2.24) is 4.98 Å². The third-order valence-electron chi connectivity index (χ3n) is 4.71. The zero-order chi connectivity index (χ0) is 24.2. The van der Waals surface area contributed by atoms with Crippen LogP contribution in [0.25, 0.3) is 0 Å². The Balaban J connectivity index is 2.54. The van der Waals surface area contributed by atoms with Gasteiger partial charge in [-0.15, -0.1) is 0 Å². The summed E-state index contributed by atoms with van der Waals surface area (Å²) in [6.07, 6.45) is 8.70. The zero-order valence-corrected chi connectivity index (χ0v) is 19.8. The molecular formula is C25H29ClN4O3. The standard InChI is InChI=1S/C25H29ClN4O3/c1-5-19(29-24(17-27)18-8-9-28-25(26)12-18)13-20(6-2)30(10-7-11-31)21-14-22(32-3)16-23(15-21)33-4/h5-6,8-9,12-17,27,31H,1,7,10-11H2,2-4H3/b19-13+,20-6+,27-17?,29-24?. The number of hydrogen-bond acceptors (Lipinski definition) is 7. The summed E-state index contributed by atoms with van der Waals surface area (Å²) in [7, 11) is 3.20. The van der Waals surface area contributed by atoms with E-state index in [-0.39, 0.29) is 6.61 Å². The van der Waals surface area contributed by atoms with Gasteiger partial charge in [-0.3, -0.25) is 0 Å². The summed E-state index contributed by atoms with van der Waals surface area (Å²) in [6.45, 7) is 6.40. The van der Waals surface area contributed by atoms with Crippen molar-refractivity contribution in [2.24, 2.45) is 4.99 Å². The number of pyridine rings is 1. The van der Waals surface area contributed by atoms with E-state index in [1.165, 1.54) is 0 Å². The number of halogens is 1. The Labute approximate surface area is 199 Å². The van der Waals surface area contributed by atoms with Crippen molar-refractivity contribution >= 4 is 29.2 Å². The van der Waals surface area contributed by atoms with Gasteiger partial charge in [-0.1, -0.05) is 24.3 Å². The highest BCUT2D eigenvalue weighted by Crippen LogP contribution is 2.31. The lowest BCUT2D eigenvalue weighted by Gasteiger charge is -2.27. The molecule has 0 saturated carbocycles. The fraction of sp³-hybridized carbons (Fsp3) is 0.240. The highest BCUT2D eigenvalue weighted by atomic mass is 35.5. The molecule has 8 heteroatoms. The largest absolute Gasteiger partial charge is 0.497 e. The predicted molar refractivity (Wildman–Crippen MR) is 135 cm³/mol. The number of allylic oxidation sites excluding steroid dienone is 3. The number of benzene rings is 1.